The maximum atomic E-state index is 10.2. The van der Waals surface area contributed by atoms with Gasteiger partial charge < -0.3 is 0 Å². The third kappa shape index (κ3) is 69.2. The summed E-state index contributed by atoms with van der Waals surface area (Å²) in [5.41, 5.74) is 7.85. The molecule has 0 saturated carbocycles. The molecular weight excluding hydrogens is 364 g/mol. The highest BCUT2D eigenvalue weighted by molar-refractivity contribution is 5.72. The summed E-state index contributed by atoms with van der Waals surface area (Å²) in [4.78, 5) is 52.9. The molecule has 0 aliphatic rings. The number of hydroxylamine groups is 4. The number of nitrogens with one attached hydrogen (secondary N) is 4. The molecule has 0 radical (unpaired) electrons. The van der Waals surface area contributed by atoms with Crippen molar-refractivity contribution in [2.45, 2.75) is 48.5 Å². The van der Waals surface area contributed by atoms with Crippen LogP contribution >= 0.6 is 0 Å². The Morgan fingerprint density at radius 2 is 1.19 bits per heavy atom. The predicted molar refractivity (Wildman–Crippen MR) is 96.5 cm³/mol. The van der Waals surface area contributed by atoms with Crippen LogP contribution in [-0.2, 0) is 33.7 Å². The van der Waals surface area contributed by atoms with Gasteiger partial charge in [0, 0.05) is 27.7 Å². The van der Waals surface area contributed by atoms with Crippen molar-refractivity contribution in [3.63, 3.8) is 0 Å². The minimum atomic E-state index is -0.440. The molecule has 0 saturated heterocycles. The molecule has 0 aromatic heterocycles. The number of hydrogen-bond acceptors (Lipinski definition) is 8. The van der Waals surface area contributed by atoms with Gasteiger partial charge in [-0.05, 0) is 12.8 Å². The van der Waals surface area contributed by atoms with Crippen LogP contribution in [0, 0.1) is 5.92 Å². The Hall–Kier alpha value is -2.28. The lowest BCUT2D eigenvalue weighted by molar-refractivity contribution is -0.132. The number of rotatable bonds is 6. The second kappa shape index (κ2) is 26.0. The smallest absolute Gasteiger partial charge is 0.240 e. The topological polar surface area (TPSA) is 164 Å². The summed E-state index contributed by atoms with van der Waals surface area (Å²) in [7, 11) is 1.39. The maximum absolute atomic E-state index is 10.2. The molecule has 27 heavy (non-hydrogen) atoms. The lowest BCUT2D eigenvalue weighted by Gasteiger charge is -2.04. The zero-order valence-corrected chi connectivity index (χ0v) is 17.3. The average molecular weight is 398 g/mol. The van der Waals surface area contributed by atoms with Gasteiger partial charge in [-0.3, -0.25) is 38.9 Å². The van der Waals surface area contributed by atoms with Gasteiger partial charge in [0.05, 0.1) is 20.3 Å². The second-order valence-corrected chi connectivity index (χ2v) is 4.98. The van der Waals surface area contributed by atoms with E-state index in [2.05, 4.69) is 26.1 Å². The maximum Gasteiger partial charge on any atom is 0.240 e. The average Bonchev–Trinajstić information content (AvgIpc) is 2.53. The zero-order valence-electron chi connectivity index (χ0n) is 17.3. The Morgan fingerprint density at radius 1 is 0.815 bits per heavy atom. The summed E-state index contributed by atoms with van der Waals surface area (Å²) in [6.45, 7) is 12.3. The van der Waals surface area contributed by atoms with Crippen molar-refractivity contribution < 1.29 is 38.9 Å². The number of hydrogen-bond donors (Lipinski definition) is 5. The Labute approximate surface area is 160 Å². The van der Waals surface area contributed by atoms with Crippen LogP contribution in [0.1, 0.15) is 48.5 Å². The summed E-state index contributed by atoms with van der Waals surface area (Å²) in [5.74, 6) is -0.489. The molecule has 5 N–H and O–H groups in total. The second-order valence-electron chi connectivity index (χ2n) is 4.98. The minimum absolute atomic E-state index is 0.157. The first-order valence-corrected chi connectivity index (χ1v) is 7.91. The van der Waals surface area contributed by atoms with Gasteiger partial charge in [0.15, 0.2) is 0 Å². The van der Waals surface area contributed by atoms with E-state index in [1.807, 2.05) is 13.8 Å². The van der Waals surface area contributed by atoms with E-state index in [1.165, 1.54) is 40.3 Å². The van der Waals surface area contributed by atoms with Gasteiger partial charge in [-0.2, -0.15) is 0 Å². The molecule has 0 spiro atoms. The summed E-state index contributed by atoms with van der Waals surface area (Å²) in [6, 6.07) is 0. The lowest BCUT2D eigenvalue weighted by atomic mass is 10.2. The lowest BCUT2D eigenvalue weighted by Crippen LogP contribution is -2.22. The number of carbonyl (C=O) groups is 4. The first-order chi connectivity index (χ1) is 12.4. The number of amides is 4. The van der Waals surface area contributed by atoms with Crippen molar-refractivity contribution >= 4 is 23.6 Å². The van der Waals surface area contributed by atoms with Crippen LogP contribution < -0.4 is 21.9 Å². The Balaban J connectivity index is -0.000000134. The van der Waals surface area contributed by atoms with Crippen LogP contribution in [0.15, 0.2) is 0 Å². The molecule has 0 aromatic rings. The molecule has 12 nitrogen and oxygen atoms in total. The molecular formula is C15H34N4O8. The first-order valence-electron chi connectivity index (χ1n) is 7.91. The summed E-state index contributed by atoms with van der Waals surface area (Å²) < 4.78 is 0. The van der Waals surface area contributed by atoms with Gasteiger partial charge in [-0.1, -0.05) is 13.8 Å². The highest BCUT2D eigenvalue weighted by Crippen LogP contribution is 1.88. The molecule has 12 heteroatoms. The van der Waals surface area contributed by atoms with Crippen LogP contribution in [0.25, 0.3) is 0 Å². The van der Waals surface area contributed by atoms with Crippen LogP contribution in [0.3, 0.4) is 0 Å². The normalized spacial score (nSPS) is 8.37. The summed E-state index contributed by atoms with van der Waals surface area (Å²) >= 11 is 0. The molecule has 162 valence electrons. The first kappa shape index (κ1) is 32.4. The van der Waals surface area contributed by atoms with Crippen molar-refractivity contribution in [3.05, 3.63) is 0 Å². The number of carbonyl (C=O) groups excluding carboxylic acids is 4. The predicted octanol–water partition coefficient (Wildman–Crippen LogP) is -0.0203. The molecule has 0 rings (SSSR count). The zero-order chi connectivity index (χ0) is 22.3. The monoisotopic (exact) mass is 398 g/mol. The molecule has 0 heterocycles. The Bertz CT molecular complexity index is 392. The van der Waals surface area contributed by atoms with Gasteiger partial charge in [0.1, 0.15) is 0 Å². The van der Waals surface area contributed by atoms with Crippen LogP contribution in [0.4, 0.5) is 0 Å². The van der Waals surface area contributed by atoms with Gasteiger partial charge in [-0.15, -0.1) is 0 Å². The van der Waals surface area contributed by atoms with E-state index >= 15 is 0 Å². The molecule has 0 fully saturated rings. The van der Waals surface area contributed by atoms with Crippen molar-refractivity contribution in [1.82, 2.24) is 21.9 Å². The van der Waals surface area contributed by atoms with E-state index in [-0.39, 0.29) is 17.7 Å². The molecule has 4 amide bonds. The largest absolute Gasteiger partial charge is 0.289 e. The fourth-order valence-electron chi connectivity index (χ4n) is 0.627. The molecule has 0 aliphatic carbocycles. The van der Waals surface area contributed by atoms with E-state index in [0.717, 1.165) is 0 Å². The Morgan fingerprint density at radius 3 is 1.33 bits per heavy atom. The van der Waals surface area contributed by atoms with Crippen LogP contribution in [0.5, 0.6) is 0 Å². The van der Waals surface area contributed by atoms with Crippen molar-refractivity contribution in [2.24, 2.45) is 5.92 Å². The van der Waals surface area contributed by atoms with Crippen molar-refractivity contribution in [1.29, 1.82) is 0 Å². The van der Waals surface area contributed by atoms with E-state index in [9.17, 15) is 19.2 Å². The molecule has 0 aliphatic heterocycles. The van der Waals surface area contributed by atoms with Gasteiger partial charge >= 0.3 is 0 Å². The standard InChI is InChI=1S/C6H13NO2.C4H9NO2.C3H7NO2.C2H5NO2/c1-5(2)4-9-7-6(3)8;1-3-7-5-4(2)6;1-3(5)4-6-2;1-2(4)3-5/h5H,4H2,1-3H3,(H,7,8);3H2,1-2H3,(H,5,6);1-2H3,(H,4,5);5H,1H3,(H,3,4). The fraction of sp³-hybridized carbons (Fsp3) is 0.733. The van der Waals surface area contributed by atoms with Gasteiger partial charge in [-0.25, -0.2) is 21.9 Å². The van der Waals surface area contributed by atoms with Gasteiger partial charge in [0.25, 0.3) is 0 Å². The highest BCUT2D eigenvalue weighted by atomic mass is 16.7. The minimum Gasteiger partial charge on any atom is -0.289 e. The summed E-state index contributed by atoms with van der Waals surface area (Å²) in [5, 5.41) is 7.54. The fourth-order valence-corrected chi connectivity index (χ4v) is 0.627. The quantitative estimate of drug-likeness (QED) is 0.308. The van der Waals surface area contributed by atoms with E-state index in [1.54, 1.807) is 6.92 Å². The third-order valence-corrected chi connectivity index (χ3v) is 1.40. The summed E-state index contributed by atoms with van der Waals surface area (Å²) in [6.07, 6.45) is 0. The van der Waals surface area contributed by atoms with Gasteiger partial charge in [0.2, 0.25) is 23.6 Å². The van der Waals surface area contributed by atoms with E-state index in [0.29, 0.717) is 19.1 Å². The molecule has 0 atom stereocenters. The molecule has 0 aromatic carbocycles. The highest BCUT2D eigenvalue weighted by Gasteiger charge is 1.93. The van der Waals surface area contributed by atoms with Crippen LogP contribution in [-0.4, -0.2) is 49.2 Å². The van der Waals surface area contributed by atoms with E-state index < -0.39 is 5.91 Å². The van der Waals surface area contributed by atoms with Crippen LogP contribution in [0.2, 0.25) is 0 Å². The van der Waals surface area contributed by atoms with Crippen molar-refractivity contribution in [2.75, 3.05) is 20.3 Å². The molecule has 0 bridgehead atoms. The Kier molecular flexibility index (Phi) is 31.1. The van der Waals surface area contributed by atoms with Crippen molar-refractivity contribution in [3.8, 4) is 0 Å². The SMILES string of the molecule is CC(=O)NO.CC(=O)NOCC(C)C.CCONC(C)=O.CONC(C)=O. The molecule has 0 unspecified atom stereocenters. The third-order valence-electron chi connectivity index (χ3n) is 1.40. The van der Waals surface area contributed by atoms with E-state index in [4.69, 9.17) is 10.0 Å².